The van der Waals surface area contributed by atoms with Crippen molar-refractivity contribution in [3.63, 3.8) is 0 Å². The van der Waals surface area contributed by atoms with Crippen molar-refractivity contribution in [3.05, 3.63) is 71.9 Å². The van der Waals surface area contributed by atoms with E-state index in [0.717, 1.165) is 16.5 Å². The lowest BCUT2D eigenvalue weighted by atomic mass is 10.1. The number of amides is 1. The molecule has 0 aliphatic rings. The number of fused-ring (bicyclic) bond motifs is 1. The fourth-order valence-corrected chi connectivity index (χ4v) is 2.35. The summed E-state index contributed by atoms with van der Waals surface area (Å²) in [6.07, 6.45) is 1.84. The molecule has 0 saturated carbocycles. The van der Waals surface area contributed by atoms with Gasteiger partial charge in [0.05, 0.1) is 12.6 Å². The van der Waals surface area contributed by atoms with Crippen molar-refractivity contribution in [1.82, 2.24) is 10.3 Å². The Morgan fingerprint density at radius 2 is 1.95 bits per heavy atom. The van der Waals surface area contributed by atoms with E-state index in [2.05, 4.69) is 10.3 Å². The van der Waals surface area contributed by atoms with Gasteiger partial charge in [0.25, 0.3) is 5.91 Å². The van der Waals surface area contributed by atoms with E-state index in [0.29, 0.717) is 5.56 Å². The highest BCUT2D eigenvalue weighted by atomic mass is 16.3. The lowest BCUT2D eigenvalue weighted by Gasteiger charge is -2.16. The monoisotopic (exact) mass is 280 g/mol. The van der Waals surface area contributed by atoms with Crippen molar-refractivity contribution in [1.29, 1.82) is 0 Å². The number of benzene rings is 2. The van der Waals surface area contributed by atoms with Gasteiger partial charge in [0.1, 0.15) is 0 Å². The van der Waals surface area contributed by atoms with Gasteiger partial charge in [-0.05, 0) is 29.1 Å². The van der Waals surface area contributed by atoms with Crippen LogP contribution < -0.4 is 5.32 Å². The van der Waals surface area contributed by atoms with E-state index in [4.69, 9.17) is 0 Å². The third-order valence-electron chi connectivity index (χ3n) is 3.51. The number of aliphatic hydroxyl groups is 1. The molecule has 106 valence electrons. The van der Waals surface area contributed by atoms with E-state index in [9.17, 15) is 9.90 Å². The first-order chi connectivity index (χ1) is 10.3. The Kier molecular flexibility index (Phi) is 3.71. The number of H-pyrrole nitrogens is 1. The van der Waals surface area contributed by atoms with E-state index in [1.807, 2.05) is 54.7 Å². The summed E-state index contributed by atoms with van der Waals surface area (Å²) >= 11 is 0. The van der Waals surface area contributed by atoms with Crippen LogP contribution in [0.2, 0.25) is 0 Å². The number of carbonyl (C=O) groups excluding carboxylic acids is 1. The Hall–Kier alpha value is -2.59. The van der Waals surface area contributed by atoms with Crippen molar-refractivity contribution >= 4 is 16.8 Å². The third kappa shape index (κ3) is 2.80. The van der Waals surface area contributed by atoms with Crippen molar-refractivity contribution in [3.8, 4) is 0 Å². The Bertz CT molecular complexity index is 750. The minimum atomic E-state index is -0.405. The molecule has 0 aliphatic heterocycles. The van der Waals surface area contributed by atoms with Crippen LogP contribution in [0.1, 0.15) is 22.0 Å². The second kappa shape index (κ2) is 5.81. The second-order valence-electron chi connectivity index (χ2n) is 4.90. The molecule has 1 heterocycles. The van der Waals surface area contributed by atoms with Crippen molar-refractivity contribution in [2.75, 3.05) is 6.61 Å². The van der Waals surface area contributed by atoms with Crippen LogP contribution in [0.25, 0.3) is 10.9 Å². The van der Waals surface area contributed by atoms with Gasteiger partial charge in [0, 0.05) is 17.3 Å². The van der Waals surface area contributed by atoms with Crippen LogP contribution in [0.3, 0.4) is 0 Å². The zero-order valence-corrected chi connectivity index (χ0v) is 11.4. The van der Waals surface area contributed by atoms with Crippen LogP contribution >= 0.6 is 0 Å². The maximum absolute atomic E-state index is 12.3. The maximum atomic E-state index is 12.3. The summed E-state index contributed by atoms with van der Waals surface area (Å²) in [6, 6.07) is 16.5. The largest absolute Gasteiger partial charge is 0.394 e. The number of hydrogen-bond donors (Lipinski definition) is 3. The molecule has 4 heteroatoms. The number of rotatable bonds is 4. The fourth-order valence-electron chi connectivity index (χ4n) is 2.35. The SMILES string of the molecule is O=C(N[C@@H](CO)c1ccccc1)c1ccc2cc[nH]c2c1. The van der Waals surface area contributed by atoms with Crippen LogP contribution in [-0.2, 0) is 0 Å². The minimum Gasteiger partial charge on any atom is -0.394 e. The molecule has 0 bridgehead atoms. The standard InChI is InChI=1S/C17H16N2O2/c20-11-16(12-4-2-1-3-5-12)19-17(21)14-7-6-13-8-9-18-15(13)10-14/h1-10,16,18,20H,11H2,(H,19,21)/t16-/m0/s1. The molecule has 3 aromatic rings. The first-order valence-corrected chi connectivity index (χ1v) is 6.82. The van der Waals surface area contributed by atoms with Gasteiger partial charge in [-0.3, -0.25) is 4.79 Å². The predicted molar refractivity (Wildman–Crippen MR) is 82.0 cm³/mol. The summed E-state index contributed by atoms with van der Waals surface area (Å²) in [6.45, 7) is -0.138. The number of aromatic nitrogens is 1. The highest BCUT2D eigenvalue weighted by Gasteiger charge is 2.15. The van der Waals surface area contributed by atoms with Gasteiger partial charge in [-0.15, -0.1) is 0 Å². The fraction of sp³-hybridized carbons (Fsp3) is 0.118. The number of carbonyl (C=O) groups is 1. The lowest BCUT2D eigenvalue weighted by Crippen LogP contribution is -2.30. The first-order valence-electron chi connectivity index (χ1n) is 6.82. The topological polar surface area (TPSA) is 65.1 Å². The van der Waals surface area contributed by atoms with E-state index < -0.39 is 6.04 Å². The van der Waals surface area contributed by atoms with E-state index in [1.165, 1.54) is 0 Å². The molecule has 1 atom stereocenters. The lowest BCUT2D eigenvalue weighted by molar-refractivity contribution is 0.0916. The van der Waals surface area contributed by atoms with Gasteiger partial charge >= 0.3 is 0 Å². The van der Waals surface area contributed by atoms with E-state index >= 15 is 0 Å². The molecule has 0 aliphatic carbocycles. The number of aromatic amines is 1. The zero-order chi connectivity index (χ0) is 14.7. The molecule has 21 heavy (non-hydrogen) atoms. The van der Waals surface area contributed by atoms with Crippen LogP contribution in [0.15, 0.2) is 60.8 Å². The van der Waals surface area contributed by atoms with Crippen molar-refractivity contribution in [2.45, 2.75) is 6.04 Å². The molecule has 0 unspecified atom stereocenters. The summed E-state index contributed by atoms with van der Waals surface area (Å²) in [7, 11) is 0. The number of nitrogens with one attached hydrogen (secondary N) is 2. The molecule has 3 N–H and O–H groups in total. The summed E-state index contributed by atoms with van der Waals surface area (Å²) in [5.74, 6) is -0.200. The van der Waals surface area contributed by atoms with Crippen LogP contribution in [0.5, 0.6) is 0 Å². The third-order valence-corrected chi connectivity index (χ3v) is 3.51. The van der Waals surface area contributed by atoms with E-state index in [1.54, 1.807) is 6.07 Å². The molecule has 0 saturated heterocycles. The zero-order valence-electron chi connectivity index (χ0n) is 11.4. The summed E-state index contributed by atoms with van der Waals surface area (Å²) in [5, 5.41) is 13.4. The Balaban J connectivity index is 1.81. The molecule has 3 rings (SSSR count). The van der Waals surface area contributed by atoms with Crippen LogP contribution in [-0.4, -0.2) is 22.6 Å². The molecule has 1 amide bonds. The number of aliphatic hydroxyl groups excluding tert-OH is 1. The number of hydrogen-bond acceptors (Lipinski definition) is 2. The van der Waals surface area contributed by atoms with Crippen LogP contribution in [0, 0.1) is 0 Å². The molecule has 0 radical (unpaired) electrons. The first kappa shape index (κ1) is 13.4. The molecular formula is C17H16N2O2. The maximum Gasteiger partial charge on any atom is 0.251 e. The highest BCUT2D eigenvalue weighted by Crippen LogP contribution is 2.16. The van der Waals surface area contributed by atoms with Crippen molar-refractivity contribution in [2.24, 2.45) is 0 Å². The minimum absolute atomic E-state index is 0.138. The second-order valence-corrected chi connectivity index (χ2v) is 4.90. The quantitative estimate of drug-likeness (QED) is 0.688. The smallest absolute Gasteiger partial charge is 0.251 e. The van der Waals surface area contributed by atoms with Gasteiger partial charge in [-0.2, -0.15) is 0 Å². The Morgan fingerprint density at radius 1 is 1.14 bits per heavy atom. The molecule has 0 fully saturated rings. The Morgan fingerprint density at radius 3 is 2.71 bits per heavy atom. The van der Waals surface area contributed by atoms with Gasteiger partial charge < -0.3 is 15.4 Å². The normalized spacial score (nSPS) is 12.2. The van der Waals surface area contributed by atoms with Crippen LogP contribution in [0.4, 0.5) is 0 Å². The molecule has 2 aromatic carbocycles. The molecule has 4 nitrogen and oxygen atoms in total. The summed E-state index contributed by atoms with van der Waals surface area (Å²) in [4.78, 5) is 15.4. The van der Waals surface area contributed by atoms with E-state index in [-0.39, 0.29) is 12.5 Å². The average molecular weight is 280 g/mol. The van der Waals surface area contributed by atoms with Crippen molar-refractivity contribution < 1.29 is 9.90 Å². The molecular weight excluding hydrogens is 264 g/mol. The van der Waals surface area contributed by atoms with Gasteiger partial charge in [-0.1, -0.05) is 36.4 Å². The van der Waals surface area contributed by atoms with Gasteiger partial charge in [0.2, 0.25) is 0 Å². The van der Waals surface area contributed by atoms with Gasteiger partial charge in [0.15, 0.2) is 0 Å². The average Bonchev–Trinajstić information content (AvgIpc) is 3.00. The summed E-state index contributed by atoms with van der Waals surface area (Å²) < 4.78 is 0. The predicted octanol–water partition coefficient (Wildman–Crippen LogP) is 2.63. The molecule has 0 spiro atoms. The molecule has 1 aromatic heterocycles. The highest BCUT2D eigenvalue weighted by molar-refractivity contribution is 5.98. The van der Waals surface area contributed by atoms with Gasteiger partial charge in [-0.25, -0.2) is 0 Å². The Labute approximate surface area is 122 Å². The summed E-state index contributed by atoms with van der Waals surface area (Å²) in [5.41, 5.74) is 2.37.